The van der Waals surface area contributed by atoms with Gasteiger partial charge < -0.3 is 15.2 Å². The molecule has 0 unspecified atom stereocenters. The van der Waals surface area contributed by atoms with Gasteiger partial charge in [-0.1, -0.05) is 24.3 Å². The minimum Gasteiger partial charge on any atom is -0.497 e. The van der Waals surface area contributed by atoms with E-state index in [0.717, 1.165) is 44.5 Å². The highest BCUT2D eigenvalue weighted by Gasteiger charge is 2.11. The van der Waals surface area contributed by atoms with Crippen LogP contribution in [0.25, 0.3) is 21.8 Å². The van der Waals surface area contributed by atoms with E-state index in [0.29, 0.717) is 0 Å². The van der Waals surface area contributed by atoms with Gasteiger partial charge in [-0.15, -0.1) is 0 Å². The summed E-state index contributed by atoms with van der Waals surface area (Å²) in [5.74, 6) is 0.783. The number of rotatable bonds is 4. The molecule has 1 aromatic heterocycles. The lowest BCUT2D eigenvalue weighted by atomic mass is 10.1. The smallest absolute Gasteiger partial charge is 0.121 e. The molecule has 4 nitrogen and oxygen atoms in total. The molecule has 1 heterocycles. The molecular weight excluding hydrogens is 324 g/mol. The van der Waals surface area contributed by atoms with Crippen molar-refractivity contribution in [3.8, 4) is 5.75 Å². The number of aromatic nitrogens is 1. The third-order valence-electron chi connectivity index (χ3n) is 4.52. The molecule has 0 fully saturated rings. The van der Waals surface area contributed by atoms with Crippen LogP contribution in [0.4, 0.5) is 11.4 Å². The highest BCUT2D eigenvalue weighted by atomic mass is 16.5. The number of aliphatic hydroxyl groups excluding tert-OH is 1. The molecule has 0 saturated heterocycles. The topological polar surface area (TPSA) is 54.4 Å². The van der Waals surface area contributed by atoms with Gasteiger partial charge in [-0.3, -0.25) is 0 Å². The van der Waals surface area contributed by atoms with E-state index in [1.165, 1.54) is 5.56 Å². The van der Waals surface area contributed by atoms with Gasteiger partial charge in [0.25, 0.3) is 0 Å². The number of fused-ring (bicyclic) bond motifs is 2. The van der Waals surface area contributed by atoms with Crippen LogP contribution >= 0.6 is 0 Å². The lowest BCUT2D eigenvalue weighted by molar-refractivity contribution is 0.282. The van der Waals surface area contributed by atoms with E-state index in [1.807, 2.05) is 42.5 Å². The van der Waals surface area contributed by atoms with Gasteiger partial charge in [0.15, 0.2) is 0 Å². The Morgan fingerprint density at radius 1 is 0.962 bits per heavy atom. The summed E-state index contributed by atoms with van der Waals surface area (Å²) in [7, 11) is 1.66. The molecule has 4 aromatic rings. The molecule has 0 atom stereocenters. The van der Waals surface area contributed by atoms with Crippen LogP contribution in [0.1, 0.15) is 11.1 Å². The third-order valence-corrected chi connectivity index (χ3v) is 4.52. The van der Waals surface area contributed by atoms with E-state index in [4.69, 9.17) is 9.72 Å². The molecular formula is C22H20N2O2. The van der Waals surface area contributed by atoms with Crippen LogP contribution in [-0.4, -0.2) is 17.2 Å². The van der Waals surface area contributed by atoms with Crippen LogP contribution < -0.4 is 10.1 Å². The van der Waals surface area contributed by atoms with Crippen molar-refractivity contribution in [1.29, 1.82) is 0 Å². The Morgan fingerprint density at radius 3 is 2.50 bits per heavy atom. The Labute approximate surface area is 152 Å². The summed E-state index contributed by atoms with van der Waals surface area (Å²) in [6.45, 7) is 2.08. The Morgan fingerprint density at radius 2 is 1.73 bits per heavy atom. The largest absolute Gasteiger partial charge is 0.497 e. The van der Waals surface area contributed by atoms with Gasteiger partial charge >= 0.3 is 0 Å². The van der Waals surface area contributed by atoms with Gasteiger partial charge in [-0.05, 0) is 48.4 Å². The number of hydrogen-bond donors (Lipinski definition) is 2. The monoisotopic (exact) mass is 344 g/mol. The Bertz CT molecular complexity index is 1110. The summed E-state index contributed by atoms with van der Waals surface area (Å²) in [5, 5.41) is 15.0. The highest BCUT2D eigenvalue weighted by Crippen LogP contribution is 2.35. The molecule has 2 N–H and O–H groups in total. The quantitative estimate of drug-likeness (QED) is 0.515. The molecule has 0 amide bonds. The minimum atomic E-state index is 0.0176. The average molecular weight is 344 g/mol. The van der Waals surface area contributed by atoms with E-state index in [1.54, 1.807) is 7.11 Å². The highest BCUT2D eigenvalue weighted by molar-refractivity contribution is 6.09. The van der Waals surface area contributed by atoms with Crippen LogP contribution in [0.15, 0.2) is 60.7 Å². The first-order valence-corrected chi connectivity index (χ1v) is 8.53. The summed E-state index contributed by atoms with van der Waals surface area (Å²) in [6, 6.07) is 20.0. The van der Waals surface area contributed by atoms with Gasteiger partial charge in [0.05, 0.1) is 30.4 Å². The summed E-state index contributed by atoms with van der Waals surface area (Å²) >= 11 is 0. The number of aliphatic hydroxyl groups is 1. The summed E-state index contributed by atoms with van der Waals surface area (Å²) in [6.07, 6.45) is 0. The predicted molar refractivity (Wildman–Crippen MR) is 106 cm³/mol. The van der Waals surface area contributed by atoms with Crippen molar-refractivity contribution in [3.63, 3.8) is 0 Å². The van der Waals surface area contributed by atoms with Gasteiger partial charge in [-0.2, -0.15) is 0 Å². The van der Waals surface area contributed by atoms with E-state index < -0.39 is 0 Å². The summed E-state index contributed by atoms with van der Waals surface area (Å²) in [4.78, 5) is 4.82. The van der Waals surface area contributed by atoms with Crippen LogP contribution in [0.5, 0.6) is 5.75 Å². The SMILES string of the molecule is COc1ccc2c(Nc3cccc(CO)c3)c3ccc(C)cc3nc2c1. The van der Waals surface area contributed by atoms with Crippen molar-refractivity contribution in [2.45, 2.75) is 13.5 Å². The van der Waals surface area contributed by atoms with Crippen LogP contribution in [0.3, 0.4) is 0 Å². The molecule has 0 spiro atoms. The molecule has 26 heavy (non-hydrogen) atoms. The molecule has 0 saturated carbocycles. The number of hydrogen-bond acceptors (Lipinski definition) is 4. The lowest BCUT2D eigenvalue weighted by Crippen LogP contribution is -1.97. The number of pyridine rings is 1. The second-order valence-electron chi connectivity index (χ2n) is 6.37. The molecule has 0 aliphatic heterocycles. The van der Waals surface area contributed by atoms with Crippen LogP contribution in [-0.2, 0) is 6.61 Å². The molecule has 4 rings (SSSR count). The number of benzene rings is 3. The van der Waals surface area contributed by atoms with Crippen molar-refractivity contribution in [2.24, 2.45) is 0 Å². The normalized spacial score (nSPS) is 11.0. The average Bonchev–Trinajstić information content (AvgIpc) is 2.67. The lowest BCUT2D eigenvalue weighted by Gasteiger charge is -2.15. The molecule has 4 heteroatoms. The van der Waals surface area contributed by atoms with Crippen molar-refractivity contribution < 1.29 is 9.84 Å². The van der Waals surface area contributed by atoms with Crippen LogP contribution in [0.2, 0.25) is 0 Å². The van der Waals surface area contributed by atoms with E-state index >= 15 is 0 Å². The Hall–Kier alpha value is -3.11. The second kappa shape index (κ2) is 6.65. The first kappa shape index (κ1) is 16.4. The van der Waals surface area contributed by atoms with Crippen molar-refractivity contribution in [2.75, 3.05) is 12.4 Å². The van der Waals surface area contributed by atoms with E-state index in [9.17, 15) is 5.11 Å². The number of ether oxygens (including phenoxy) is 1. The van der Waals surface area contributed by atoms with Crippen molar-refractivity contribution in [1.82, 2.24) is 4.98 Å². The second-order valence-corrected chi connectivity index (χ2v) is 6.37. The minimum absolute atomic E-state index is 0.0176. The van der Waals surface area contributed by atoms with Crippen LogP contribution in [0, 0.1) is 6.92 Å². The molecule has 130 valence electrons. The molecule has 0 radical (unpaired) electrons. The zero-order valence-electron chi connectivity index (χ0n) is 14.8. The number of methoxy groups -OCH3 is 1. The van der Waals surface area contributed by atoms with E-state index in [-0.39, 0.29) is 6.61 Å². The Balaban J connectivity index is 1.96. The first-order valence-electron chi connectivity index (χ1n) is 8.53. The van der Waals surface area contributed by atoms with Crippen molar-refractivity contribution in [3.05, 3.63) is 71.8 Å². The summed E-state index contributed by atoms with van der Waals surface area (Å²) in [5.41, 5.74) is 5.79. The zero-order chi connectivity index (χ0) is 18.1. The molecule has 0 aliphatic carbocycles. The van der Waals surface area contributed by atoms with Gasteiger partial charge in [-0.25, -0.2) is 4.98 Å². The fraction of sp³-hybridized carbons (Fsp3) is 0.136. The van der Waals surface area contributed by atoms with E-state index in [2.05, 4.69) is 30.4 Å². The number of nitrogens with one attached hydrogen (secondary N) is 1. The van der Waals surface area contributed by atoms with Gasteiger partial charge in [0.1, 0.15) is 5.75 Å². The zero-order valence-corrected chi connectivity index (χ0v) is 14.8. The first-order chi connectivity index (χ1) is 12.7. The standard InChI is InChI=1S/C22H20N2O2/c1-14-6-8-18-20(10-14)24-21-12-17(26-2)7-9-19(21)22(18)23-16-5-3-4-15(11-16)13-25/h3-12,25H,13H2,1-2H3,(H,23,24). The molecule has 0 bridgehead atoms. The third kappa shape index (κ3) is 2.95. The summed E-state index contributed by atoms with van der Waals surface area (Å²) < 4.78 is 5.36. The number of nitrogens with zero attached hydrogens (tertiary/aromatic N) is 1. The number of anilines is 2. The Kier molecular flexibility index (Phi) is 4.19. The fourth-order valence-electron chi connectivity index (χ4n) is 3.19. The molecule has 3 aromatic carbocycles. The molecule has 0 aliphatic rings. The van der Waals surface area contributed by atoms with Gasteiger partial charge in [0.2, 0.25) is 0 Å². The maximum atomic E-state index is 9.41. The maximum absolute atomic E-state index is 9.41. The fourth-order valence-corrected chi connectivity index (χ4v) is 3.19. The maximum Gasteiger partial charge on any atom is 0.121 e. The predicted octanol–water partition coefficient (Wildman–Crippen LogP) is 4.94. The van der Waals surface area contributed by atoms with Crippen molar-refractivity contribution >= 4 is 33.2 Å². The van der Waals surface area contributed by atoms with Gasteiger partial charge in [0, 0.05) is 22.5 Å². The number of aryl methyl sites for hydroxylation is 1.